The Morgan fingerprint density at radius 3 is 2.69 bits per heavy atom. The average Bonchev–Trinajstić information content (AvgIpc) is 2.26. The van der Waals surface area contributed by atoms with Gasteiger partial charge in [-0.15, -0.1) is 6.42 Å². The summed E-state index contributed by atoms with van der Waals surface area (Å²) in [6.45, 7) is 1.06. The van der Waals surface area contributed by atoms with Crippen LogP contribution in [0.1, 0.15) is 13.3 Å². The summed E-state index contributed by atoms with van der Waals surface area (Å²) in [5, 5.41) is 8.19. The third-order valence-corrected chi connectivity index (χ3v) is 1.34. The minimum Gasteiger partial charge on any atom is -0.462 e. The maximum absolute atomic E-state index is 11.1. The smallest absolute Gasteiger partial charge is 0.462 e. The Morgan fingerprint density at radius 2 is 2.12 bits per heavy atom. The summed E-state index contributed by atoms with van der Waals surface area (Å²) < 4.78 is 13.5. The number of esters is 1. The monoisotopic (exact) mass is 225 g/mol. The van der Waals surface area contributed by atoms with Gasteiger partial charge in [0.05, 0.1) is 12.5 Å². The molecule has 0 aliphatic carbocycles. The van der Waals surface area contributed by atoms with Crippen LogP contribution < -0.4 is 0 Å². The van der Waals surface area contributed by atoms with Gasteiger partial charge in [0, 0.05) is 0 Å². The molecule has 86 valence electrons. The topological polar surface area (TPSA) is 85.6 Å². The lowest BCUT2D eigenvalue weighted by Gasteiger charge is -2.11. The molecule has 0 radical (unpaired) electrons. The highest BCUT2D eigenvalue weighted by atomic mass is 16.7. The van der Waals surface area contributed by atoms with Crippen LogP contribution in [-0.2, 0) is 19.0 Å². The average molecular weight is 225 g/mol. The van der Waals surface area contributed by atoms with Gasteiger partial charge < -0.3 is 14.2 Å². The number of nitrogens with zero attached hydrogens (tertiary/aromatic N) is 1. The molecule has 0 aromatic heterocycles. The van der Waals surface area contributed by atoms with E-state index in [1.807, 2.05) is 0 Å². The van der Waals surface area contributed by atoms with Crippen LogP contribution in [0.15, 0.2) is 0 Å². The predicted molar refractivity (Wildman–Crippen MR) is 51.9 cm³/mol. The lowest BCUT2D eigenvalue weighted by molar-refractivity contribution is -0.153. The SMILES string of the molecule is C#CCOC(=O)OC(C)C(=O)OCCC#N. The Morgan fingerprint density at radius 1 is 1.44 bits per heavy atom. The Kier molecular flexibility index (Phi) is 7.00. The Bertz CT molecular complexity index is 325. The van der Waals surface area contributed by atoms with Crippen molar-refractivity contribution < 1.29 is 23.8 Å². The highest BCUT2D eigenvalue weighted by Crippen LogP contribution is 1.98. The minimum absolute atomic E-state index is 0.0392. The molecule has 0 rings (SSSR count). The van der Waals surface area contributed by atoms with Crippen LogP contribution in [0.25, 0.3) is 0 Å². The first-order valence-corrected chi connectivity index (χ1v) is 4.42. The minimum atomic E-state index is -1.09. The quantitative estimate of drug-likeness (QED) is 0.387. The second-order valence-electron chi connectivity index (χ2n) is 2.58. The molecule has 0 aromatic rings. The summed E-state index contributed by atoms with van der Waals surface area (Å²) in [6, 6.07) is 1.80. The van der Waals surface area contributed by atoms with Gasteiger partial charge >= 0.3 is 12.1 Å². The zero-order valence-electron chi connectivity index (χ0n) is 8.76. The predicted octanol–water partition coefficient (Wildman–Crippen LogP) is 0.618. The first-order chi connectivity index (χ1) is 7.61. The molecule has 6 heteroatoms. The van der Waals surface area contributed by atoms with Crippen molar-refractivity contribution in [2.75, 3.05) is 13.2 Å². The molecule has 0 amide bonds. The molecule has 0 aliphatic rings. The number of terminal acetylenes is 1. The summed E-state index contributed by atoms with van der Waals surface area (Å²) in [6.07, 6.45) is 2.79. The third-order valence-electron chi connectivity index (χ3n) is 1.34. The zero-order valence-corrected chi connectivity index (χ0v) is 8.76. The molecular weight excluding hydrogens is 214 g/mol. The van der Waals surface area contributed by atoms with Crippen LogP contribution in [0.5, 0.6) is 0 Å². The van der Waals surface area contributed by atoms with E-state index in [4.69, 9.17) is 11.7 Å². The molecule has 16 heavy (non-hydrogen) atoms. The van der Waals surface area contributed by atoms with E-state index < -0.39 is 18.2 Å². The fourth-order valence-corrected chi connectivity index (χ4v) is 0.642. The van der Waals surface area contributed by atoms with E-state index >= 15 is 0 Å². The van der Waals surface area contributed by atoms with E-state index in [1.165, 1.54) is 6.92 Å². The number of nitriles is 1. The lowest BCUT2D eigenvalue weighted by atomic mass is 10.4. The number of rotatable bonds is 5. The van der Waals surface area contributed by atoms with Crippen molar-refractivity contribution in [1.82, 2.24) is 0 Å². The van der Waals surface area contributed by atoms with Gasteiger partial charge in [-0.2, -0.15) is 5.26 Å². The molecule has 0 aliphatic heterocycles. The highest BCUT2D eigenvalue weighted by Gasteiger charge is 2.19. The summed E-state index contributed by atoms with van der Waals surface area (Å²) >= 11 is 0. The maximum Gasteiger partial charge on any atom is 0.510 e. The summed E-state index contributed by atoms with van der Waals surface area (Å²) in [7, 11) is 0. The highest BCUT2D eigenvalue weighted by molar-refractivity contribution is 5.77. The molecule has 0 saturated carbocycles. The number of hydrogen-bond donors (Lipinski definition) is 0. The molecule has 1 atom stereocenters. The molecule has 0 saturated heterocycles. The molecular formula is C10H11NO5. The number of carbonyl (C=O) groups excluding carboxylic acids is 2. The third kappa shape index (κ3) is 6.28. The second kappa shape index (κ2) is 8.13. The number of carbonyl (C=O) groups is 2. The number of ether oxygens (including phenoxy) is 3. The molecule has 0 N–H and O–H groups in total. The van der Waals surface area contributed by atoms with Crippen molar-refractivity contribution in [2.24, 2.45) is 0 Å². The van der Waals surface area contributed by atoms with Gasteiger partial charge in [0.15, 0.2) is 12.7 Å². The Labute approximate surface area is 93.1 Å². The molecule has 0 fully saturated rings. The van der Waals surface area contributed by atoms with Gasteiger partial charge in [0.1, 0.15) is 6.61 Å². The van der Waals surface area contributed by atoms with Crippen molar-refractivity contribution in [3.05, 3.63) is 0 Å². The van der Waals surface area contributed by atoms with E-state index in [1.54, 1.807) is 6.07 Å². The number of hydrogen-bond acceptors (Lipinski definition) is 6. The van der Waals surface area contributed by atoms with Crippen molar-refractivity contribution in [2.45, 2.75) is 19.4 Å². The normalized spacial score (nSPS) is 10.4. The van der Waals surface area contributed by atoms with E-state index in [0.717, 1.165) is 0 Å². The van der Waals surface area contributed by atoms with Crippen molar-refractivity contribution in [1.29, 1.82) is 5.26 Å². The van der Waals surface area contributed by atoms with Gasteiger partial charge in [-0.1, -0.05) is 5.92 Å². The molecule has 6 nitrogen and oxygen atoms in total. The van der Waals surface area contributed by atoms with Gasteiger partial charge in [0.25, 0.3) is 0 Å². The van der Waals surface area contributed by atoms with Crippen LogP contribution in [-0.4, -0.2) is 31.4 Å². The van der Waals surface area contributed by atoms with Crippen LogP contribution in [0.2, 0.25) is 0 Å². The van der Waals surface area contributed by atoms with E-state index in [0.29, 0.717) is 0 Å². The van der Waals surface area contributed by atoms with Crippen LogP contribution in [0.4, 0.5) is 4.79 Å². The van der Waals surface area contributed by atoms with E-state index in [2.05, 4.69) is 20.1 Å². The summed E-state index contributed by atoms with van der Waals surface area (Å²) in [4.78, 5) is 22.0. The Hall–Kier alpha value is -2.21. The van der Waals surface area contributed by atoms with Gasteiger partial charge in [-0.05, 0) is 6.92 Å². The van der Waals surface area contributed by atoms with E-state index in [-0.39, 0.29) is 19.6 Å². The van der Waals surface area contributed by atoms with Crippen molar-refractivity contribution in [3.63, 3.8) is 0 Å². The summed E-state index contributed by atoms with van der Waals surface area (Å²) in [5.41, 5.74) is 0. The summed E-state index contributed by atoms with van der Waals surface area (Å²) in [5.74, 6) is 1.33. The molecule has 1 unspecified atom stereocenters. The lowest BCUT2D eigenvalue weighted by Crippen LogP contribution is -2.27. The molecule has 0 heterocycles. The standard InChI is InChI=1S/C10H11NO5/c1-3-6-15-10(13)16-8(2)9(12)14-7-4-5-11/h1,8H,4,6-7H2,2H3. The second-order valence-corrected chi connectivity index (χ2v) is 2.58. The van der Waals surface area contributed by atoms with Crippen LogP contribution in [0, 0.1) is 23.7 Å². The van der Waals surface area contributed by atoms with Gasteiger partial charge in [-0.3, -0.25) is 0 Å². The van der Waals surface area contributed by atoms with Crippen molar-refractivity contribution in [3.8, 4) is 18.4 Å². The van der Waals surface area contributed by atoms with Gasteiger partial charge in [-0.25, -0.2) is 9.59 Å². The Balaban J connectivity index is 3.83. The van der Waals surface area contributed by atoms with Crippen LogP contribution in [0.3, 0.4) is 0 Å². The molecule has 0 aromatic carbocycles. The fourth-order valence-electron chi connectivity index (χ4n) is 0.642. The van der Waals surface area contributed by atoms with E-state index in [9.17, 15) is 9.59 Å². The van der Waals surface area contributed by atoms with Crippen molar-refractivity contribution >= 4 is 12.1 Å². The first-order valence-electron chi connectivity index (χ1n) is 4.42. The maximum atomic E-state index is 11.1. The molecule has 0 spiro atoms. The fraction of sp³-hybridized carbons (Fsp3) is 0.500. The van der Waals surface area contributed by atoms with Crippen LogP contribution >= 0.6 is 0 Å². The molecule has 0 bridgehead atoms. The zero-order chi connectivity index (χ0) is 12.4. The largest absolute Gasteiger partial charge is 0.510 e. The first kappa shape index (κ1) is 13.8. The van der Waals surface area contributed by atoms with Gasteiger partial charge in [0.2, 0.25) is 0 Å².